The molecule has 4 heteroatoms. The highest BCUT2D eigenvalue weighted by Gasteiger charge is 2.10. The van der Waals surface area contributed by atoms with Gasteiger partial charge in [-0.1, -0.05) is 12.1 Å². The Balaban J connectivity index is 2.21. The number of nitrogens with one attached hydrogen (secondary N) is 1. The van der Waals surface area contributed by atoms with E-state index in [-0.39, 0.29) is 11.5 Å². The Labute approximate surface area is 122 Å². The van der Waals surface area contributed by atoms with Crippen molar-refractivity contribution >= 4 is 29.0 Å². The van der Waals surface area contributed by atoms with Crippen LogP contribution in [-0.4, -0.2) is 5.91 Å². The number of nitrogens with zero attached hydrogens (tertiary/aromatic N) is 1. The van der Waals surface area contributed by atoms with Crippen LogP contribution in [-0.2, 0) is 4.79 Å². The predicted molar refractivity (Wildman–Crippen MR) is 82.5 cm³/mol. The third-order valence-electron chi connectivity index (χ3n) is 2.82. The molecule has 0 saturated carbocycles. The molecule has 1 heterocycles. The number of thiophene rings is 1. The number of carbonyl (C=O) groups is 1. The molecule has 0 aliphatic rings. The Morgan fingerprint density at radius 1 is 1.35 bits per heavy atom. The van der Waals surface area contributed by atoms with Crippen molar-refractivity contribution in [2.24, 2.45) is 0 Å². The zero-order valence-electron chi connectivity index (χ0n) is 11.3. The van der Waals surface area contributed by atoms with Crippen molar-refractivity contribution in [2.45, 2.75) is 13.8 Å². The van der Waals surface area contributed by atoms with Crippen LogP contribution in [0.5, 0.6) is 0 Å². The molecular weight excluding hydrogens is 268 g/mol. The average molecular weight is 282 g/mol. The summed E-state index contributed by atoms with van der Waals surface area (Å²) in [6, 6.07) is 11.4. The smallest absolute Gasteiger partial charge is 0.266 e. The second-order valence-corrected chi connectivity index (χ2v) is 5.41. The minimum atomic E-state index is -0.383. The number of amides is 1. The molecule has 3 nitrogen and oxygen atoms in total. The number of rotatable bonds is 3. The first kappa shape index (κ1) is 14.0. The van der Waals surface area contributed by atoms with Crippen LogP contribution in [0.15, 0.2) is 41.3 Å². The Bertz CT molecular complexity index is 707. The summed E-state index contributed by atoms with van der Waals surface area (Å²) in [6.07, 6.45) is 1.63. The molecule has 0 atom stereocenters. The Kier molecular flexibility index (Phi) is 4.34. The van der Waals surface area contributed by atoms with E-state index in [0.29, 0.717) is 5.69 Å². The van der Waals surface area contributed by atoms with E-state index in [0.717, 1.165) is 16.0 Å². The highest BCUT2D eigenvalue weighted by molar-refractivity contribution is 7.11. The highest BCUT2D eigenvalue weighted by atomic mass is 32.1. The van der Waals surface area contributed by atoms with Gasteiger partial charge in [-0.3, -0.25) is 4.79 Å². The van der Waals surface area contributed by atoms with Crippen LogP contribution in [0.2, 0.25) is 0 Å². The summed E-state index contributed by atoms with van der Waals surface area (Å²) in [5.74, 6) is -0.383. The molecule has 1 aromatic carbocycles. The van der Waals surface area contributed by atoms with Crippen molar-refractivity contribution in [1.29, 1.82) is 5.26 Å². The topological polar surface area (TPSA) is 52.9 Å². The number of hydrogen-bond donors (Lipinski definition) is 1. The summed E-state index contributed by atoms with van der Waals surface area (Å²) < 4.78 is 0. The van der Waals surface area contributed by atoms with Gasteiger partial charge in [0.1, 0.15) is 11.6 Å². The van der Waals surface area contributed by atoms with Gasteiger partial charge in [-0.2, -0.15) is 5.26 Å². The maximum Gasteiger partial charge on any atom is 0.266 e. The molecule has 1 aromatic heterocycles. The Hall–Kier alpha value is -2.38. The number of aryl methyl sites for hydroxylation is 2. The van der Waals surface area contributed by atoms with Crippen molar-refractivity contribution in [1.82, 2.24) is 0 Å². The zero-order chi connectivity index (χ0) is 14.5. The molecule has 2 aromatic rings. The first-order valence-corrected chi connectivity index (χ1v) is 7.02. The Morgan fingerprint density at radius 2 is 2.15 bits per heavy atom. The number of anilines is 1. The average Bonchev–Trinajstić information content (AvgIpc) is 2.81. The maximum atomic E-state index is 12.1. The predicted octanol–water partition coefficient (Wildman–Crippen LogP) is 3.91. The molecule has 0 unspecified atom stereocenters. The maximum absolute atomic E-state index is 12.1. The van der Waals surface area contributed by atoms with Crippen LogP contribution in [0.25, 0.3) is 6.08 Å². The molecule has 0 saturated heterocycles. The van der Waals surface area contributed by atoms with Gasteiger partial charge < -0.3 is 5.32 Å². The fourth-order valence-corrected chi connectivity index (χ4v) is 2.59. The van der Waals surface area contributed by atoms with Gasteiger partial charge in [-0.15, -0.1) is 11.3 Å². The van der Waals surface area contributed by atoms with Crippen LogP contribution in [0.1, 0.15) is 16.0 Å². The van der Waals surface area contributed by atoms with Crippen LogP contribution in [0, 0.1) is 25.2 Å². The molecule has 0 aliphatic carbocycles. The first-order chi connectivity index (χ1) is 9.60. The van der Waals surface area contributed by atoms with Crippen LogP contribution in [0.4, 0.5) is 5.69 Å². The molecule has 0 spiro atoms. The van der Waals surface area contributed by atoms with Crippen molar-refractivity contribution < 1.29 is 4.79 Å². The van der Waals surface area contributed by atoms with E-state index in [1.807, 2.05) is 49.6 Å². The first-order valence-electron chi connectivity index (χ1n) is 6.14. The normalized spacial score (nSPS) is 10.9. The monoisotopic (exact) mass is 282 g/mol. The van der Waals surface area contributed by atoms with Gasteiger partial charge >= 0.3 is 0 Å². The number of carbonyl (C=O) groups excluding carboxylic acids is 1. The van der Waals surface area contributed by atoms with Gasteiger partial charge in [-0.25, -0.2) is 0 Å². The summed E-state index contributed by atoms with van der Waals surface area (Å²) in [6.45, 7) is 3.90. The summed E-state index contributed by atoms with van der Waals surface area (Å²) in [5.41, 5.74) is 2.92. The Morgan fingerprint density at radius 3 is 2.75 bits per heavy atom. The number of nitriles is 1. The van der Waals surface area contributed by atoms with E-state index in [4.69, 9.17) is 5.26 Å². The van der Waals surface area contributed by atoms with Crippen molar-refractivity contribution in [3.8, 4) is 6.07 Å². The summed E-state index contributed by atoms with van der Waals surface area (Å²) in [7, 11) is 0. The van der Waals surface area contributed by atoms with E-state index in [1.54, 1.807) is 12.1 Å². The van der Waals surface area contributed by atoms with Gasteiger partial charge in [0.25, 0.3) is 5.91 Å². The quantitative estimate of drug-likeness (QED) is 0.685. The van der Waals surface area contributed by atoms with Crippen molar-refractivity contribution in [3.63, 3.8) is 0 Å². The lowest BCUT2D eigenvalue weighted by Crippen LogP contribution is -2.13. The molecule has 0 fully saturated rings. The van der Waals surface area contributed by atoms with Gasteiger partial charge in [0.2, 0.25) is 0 Å². The van der Waals surface area contributed by atoms with Crippen LogP contribution in [0.3, 0.4) is 0 Å². The van der Waals surface area contributed by atoms with Crippen molar-refractivity contribution in [2.75, 3.05) is 5.32 Å². The molecule has 1 N–H and O–H groups in total. The second kappa shape index (κ2) is 6.18. The molecule has 0 radical (unpaired) electrons. The van der Waals surface area contributed by atoms with E-state index < -0.39 is 0 Å². The molecule has 1 amide bonds. The minimum absolute atomic E-state index is 0.108. The van der Waals surface area contributed by atoms with E-state index in [9.17, 15) is 4.79 Å². The fourth-order valence-electron chi connectivity index (χ4n) is 1.73. The van der Waals surface area contributed by atoms with Gasteiger partial charge in [0, 0.05) is 10.6 Å². The molecule has 100 valence electrons. The summed E-state index contributed by atoms with van der Waals surface area (Å²) in [4.78, 5) is 13.0. The van der Waals surface area contributed by atoms with E-state index in [2.05, 4.69) is 5.32 Å². The lowest BCUT2D eigenvalue weighted by Gasteiger charge is -2.05. The summed E-state index contributed by atoms with van der Waals surface area (Å²) >= 11 is 1.51. The molecule has 0 bridgehead atoms. The summed E-state index contributed by atoms with van der Waals surface area (Å²) in [5, 5.41) is 13.8. The van der Waals surface area contributed by atoms with Gasteiger partial charge in [-0.05, 0) is 54.6 Å². The van der Waals surface area contributed by atoms with E-state index >= 15 is 0 Å². The number of benzene rings is 1. The highest BCUT2D eigenvalue weighted by Crippen LogP contribution is 2.19. The van der Waals surface area contributed by atoms with Crippen LogP contribution < -0.4 is 5.32 Å². The van der Waals surface area contributed by atoms with Crippen molar-refractivity contribution in [3.05, 3.63) is 57.3 Å². The number of hydrogen-bond acceptors (Lipinski definition) is 3. The second-order valence-electron chi connectivity index (χ2n) is 4.46. The standard InChI is InChI=1S/C16H14N2OS/c1-11-4-3-5-14(8-11)18-16(19)13(10-17)9-15-12(2)6-7-20-15/h3-9H,1-2H3,(H,18,19)/b13-9-. The molecule has 2 rings (SSSR count). The minimum Gasteiger partial charge on any atom is -0.321 e. The SMILES string of the molecule is Cc1cccc(NC(=O)/C(C#N)=C\c2sccc2C)c1. The van der Waals surface area contributed by atoms with E-state index in [1.165, 1.54) is 11.3 Å². The largest absolute Gasteiger partial charge is 0.321 e. The third-order valence-corrected chi connectivity index (χ3v) is 3.78. The third kappa shape index (κ3) is 3.34. The molecule has 20 heavy (non-hydrogen) atoms. The fraction of sp³-hybridized carbons (Fsp3) is 0.125. The lowest BCUT2D eigenvalue weighted by molar-refractivity contribution is -0.112. The molecule has 0 aliphatic heterocycles. The van der Waals surface area contributed by atoms with Gasteiger partial charge in [0.05, 0.1) is 0 Å². The lowest BCUT2D eigenvalue weighted by atomic mass is 10.2. The van der Waals surface area contributed by atoms with Gasteiger partial charge in [0.15, 0.2) is 0 Å². The zero-order valence-corrected chi connectivity index (χ0v) is 12.1. The van der Waals surface area contributed by atoms with Crippen LogP contribution >= 0.6 is 11.3 Å². The molecular formula is C16H14N2OS.